The maximum atomic E-state index is 9.60. The van der Waals surface area contributed by atoms with Crippen molar-refractivity contribution >= 4 is 49.2 Å². The average molecular weight is 341 g/mol. The van der Waals surface area contributed by atoms with Crippen LogP contribution in [0, 0.1) is 0 Å². The summed E-state index contributed by atoms with van der Waals surface area (Å²) in [6.07, 6.45) is -0.711. The van der Waals surface area contributed by atoms with E-state index in [1.54, 1.807) is 6.92 Å². The van der Waals surface area contributed by atoms with Crippen LogP contribution in [0.2, 0.25) is 0 Å². The van der Waals surface area contributed by atoms with Crippen molar-refractivity contribution in [3.63, 3.8) is 0 Å². The number of carbonyl (C=O) groups excluding carboxylic acids is 1. The molecule has 5 aromatic rings. The minimum Gasteiger partial charge on any atom is -0.450 e. The normalized spacial score (nSPS) is 11.0. The van der Waals surface area contributed by atoms with Crippen molar-refractivity contribution in [1.29, 1.82) is 0 Å². The minimum absolute atomic E-state index is 0.356. The highest BCUT2D eigenvalue weighted by atomic mass is 16.5. The van der Waals surface area contributed by atoms with Crippen LogP contribution < -0.4 is 5.73 Å². The van der Waals surface area contributed by atoms with Gasteiger partial charge in [-0.1, -0.05) is 72.8 Å². The SMILES string of the molecule is CCOC(N)=O.c1cc2cccc3c4cccc5cccc(c(c1)c23)c54. The number of primary amides is 1. The number of rotatable bonds is 1. The van der Waals surface area contributed by atoms with Crippen LogP contribution in [-0.2, 0) is 4.74 Å². The zero-order chi connectivity index (χ0) is 18.1. The van der Waals surface area contributed by atoms with Crippen LogP contribution in [-0.4, -0.2) is 12.7 Å². The second-order valence-electron chi connectivity index (χ2n) is 6.17. The summed E-state index contributed by atoms with van der Waals surface area (Å²) in [6, 6.07) is 26.4. The standard InChI is InChI=1S/C20H12.C3H7NO2/c1-5-13-6-2-11-17-18-12-4-8-14-7-3-10-16(20(14)18)15(9-1)19(13)17;1-2-6-3(4)5/h1-12H;2H2,1H3,(H2,4,5). The molecule has 0 atom stereocenters. The monoisotopic (exact) mass is 341 g/mol. The number of amides is 1. The topological polar surface area (TPSA) is 52.3 Å². The van der Waals surface area contributed by atoms with Crippen molar-refractivity contribution in [2.24, 2.45) is 5.73 Å². The summed E-state index contributed by atoms with van der Waals surface area (Å²) >= 11 is 0. The number of hydrogen-bond donors (Lipinski definition) is 1. The number of carbonyl (C=O) groups is 1. The Bertz CT molecular complexity index is 1060. The summed E-state index contributed by atoms with van der Waals surface area (Å²) in [6.45, 7) is 2.06. The molecular formula is C23H19NO2. The Balaban J connectivity index is 0.000000246. The van der Waals surface area contributed by atoms with Gasteiger partial charge in [0.1, 0.15) is 0 Å². The number of nitrogens with two attached hydrogens (primary N) is 1. The molecule has 5 aromatic carbocycles. The van der Waals surface area contributed by atoms with Gasteiger partial charge in [0.25, 0.3) is 0 Å². The van der Waals surface area contributed by atoms with Crippen LogP contribution in [0.3, 0.4) is 0 Å². The van der Waals surface area contributed by atoms with E-state index >= 15 is 0 Å². The van der Waals surface area contributed by atoms with Crippen LogP contribution in [0.25, 0.3) is 43.1 Å². The molecule has 0 aliphatic carbocycles. The largest absolute Gasteiger partial charge is 0.450 e. The first kappa shape index (κ1) is 16.2. The van der Waals surface area contributed by atoms with Gasteiger partial charge in [-0.3, -0.25) is 0 Å². The van der Waals surface area contributed by atoms with E-state index in [4.69, 9.17) is 0 Å². The lowest BCUT2D eigenvalue weighted by Crippen LogP contribution is -2.11. The van der Waals surface area contributed by atoms with E-state index in [2.05, 4.69) is 83.3 Å². The van der Waals surface area contributed by atoms with Gasteiger partial charge in [-0.05, 0) is 50.0 Å². The van der Waals surface area contributed by atoms with Crippen LogP contribution in [0.5, 0.6) is 0 Å². The summed E-state index contributed by atoms with van der Waals surface area (Å²) in [7, 11) is 0. The first-order chi connectivity index (χ1) is 12.7. The molecule has 26 heavy (non-hydrogen) atoms. The molecule has 3 nitrogen and oxygen atoms in total. The Morgan fingerprint density at radius 1 is 0.731 bits per heavy atom. The first-order valence-electron chi connectivity index (χ1n) is 8.67. The minimum atomic E-state index is -0.711. The smallest absolute Gasteiger partial charge is 0.404 e. The molecule has 0 fully saturated rings. The highest BCUT2D eigenvalue weighted by Gasteiger charge is 2.11. The van der Waals surface area contributed by atoms with Crippen LogP contribution in [0.1, 0.15) is 6.92 Å². The fourth-order valence-electron chi connectivity index (χ4n) is 3.72. The molecule has 0 saturated heterocycles. The molecule has 0 bridgehead atoms. The second-order valence-corrected chi connectivity index (χ2v) is 6.17. The first-order valence-corrected chi connectivity index (χ1v) is 8.67. The van der Waals surface area contributed by atoms with Gasteiger partial charge in [0, 0.05) is 0 Å². The van der Waals surface area contributed by atoms with Gasteiger partial charge in [0.15, 0.2) is 0 Å². The molecule has 0 unspecified atom stereocenters. The summed E-state index contributed by atoms with van der Waals surface area (Å²) in [5.74, 6) is 0. The lowest BCUT2D eigenvalue weighted by atomic mass is 9.90. The molecular weight excluding hydrogens is 322 g/mol. The van der Waals surface area contributed by atoms with Gasteiger partial charge in [-0.15, -0.1) is 0 Å². The zero-order valence-corrected chi connectivity index (χ0v) is 14.5. The number of ether oxygens (including phenoxy) is 1. The summed E-state index contributed by atoms with van der Waals surface area (Å²) in [5, 5.41) is 10.9. The third kappa shape index (κ3) is 2.58. The van der Waals surface area contributed by atoms with Crippen molar-refractivity contribution in [3.05, 3.63) is 72.8 Å². The van der Waals surface area contributed by atoms with Gasteiger partial charge in [0.05, 0.1) is 6.61 Å². The van der Waals surface area contributed by atoms with Crippen molar-refractivity contribution in [3.8, 4) is 0 Å². The molecule has 0 aliphatic heterocycles. The zero-order valence-electron chi connectivity index (χ0n) is 14.5. The number of hydrogen-bond acceptors (Lipinski definition) is 2. The molecule has 0 saturated carbocycles. The van der Waals surface area contributed by atoms with Gasteiger partial charge < -0.3 is 10.5 Å². The van der Waals surface area contributed by atoms with E-state index in [-0.39, 0.29) is 0 Å². The van der Waals surface area contributed by atoms with Crippen molar-refractivity contribution in [2.45, 2.75) is 6.92 Å². The Morgan fingerprint density at radius 3 is 1.31 bits per heavy atom. The molecule has 3 heteroatoms. The maximum absolute atomic E-state index is 9.60. The lowest BCUT2D eigenvalue weighted by Gasteiger charge is -2.13. The summed E-state index contributed by atoms with van der Waals surface area (Å²) in [5.41, 5.74) is 4.54. The fraction of sp³-hybridized carbons (Fsp3) is 0.0870. The average Bonchev–Trinajstić information content (AvgIpc) is 2.66. The molecule has 0 heterocycles. The molecule has 128 valence electrons. The Morgan fingerprint density at radius 2 is 1.08 bits per heavy atom. The Labute approximate surface area is 151 Å². The van der Waals surface area contributed by atoms with E-state index in [1.807, 2.05) is 0 Å². The molecule has 2 N–H and O–H groups in total. The van der Waals surface area contributed by atoms with Gasteiger partial charge in [0.2, 0.25) is 0 Å². The predicted octanol–water partition coefficient (Wildman–Crippen LogP) is 5.84. The van der Waals surface area contributed by atoms with Gasteiger partial charge in [-0.2, -0.15) is 0 Å². The van der Waals surface area contributed by atoms with Crippen molar-refractivity contribution < 1.29 is 9.53 Å². The number of fused-ring (bicyclic) bond motifs is 2. The molecule has 1 amide bonds. The molecule has 0 aliphatic rings. The van der Waals surface area contributed by atoms with E-state index in [0.29, 0.717) is 6.61 Å². The summed E-state index contributed by atoms with van der Waals surface area (Å²) in [4.78, 5) is 9.60. The highest BCUT2D eigenvalue weighted by Crippen LogP contribution is 2.39. The van der Waals surface area contributed by atoms with E-state index < -0.39 is 6.09 Å². The second kappa shape index (κ2) is 6.52. The third-order valence-corrected chi connectivity index (χ3v) is 4.68. The Kier molecular flexibility index (Phi) is 4.05. The quantitative estimate of drug-likeness (QED) is 0.308. The van der Waals surface area contributed by atoms with Crippen LogP contribution >= 0.6 is 0 Å². The van der Waals surface area contributed by atoms with E-state index in [9.17, 15) is 4.79 Å². The van der Waals surface area contributed by atoms with Gasteiger partial charge in [-0.25, -0.2) is 4.79 Å². The van der Waals surface area contributed by atoms with Crippen LogP contribution in [0.15, 0.2) is 72.8 Å². The lowest BCUT2D eigenvalue weighted by molar-refractivity contribution is 0.163. The molecule has 0 aromatic heterocycles. The third-order valence-electron chi connectivity index (χ3n) is 4.68. The van der Waals surface area contributed by atoms with Crippen LogP contribution in [0.4, 0.5) is 4.79 Å². The fourth-order valence-corrected chi connectivity index (χ4v) is 3.72. The van der Waals surface area contributed by atoms with Gasteiger partial charge >= 0.3 is 6.09 Å². The summed E-state index contributed by atoms with van der Waals surface area (Å²) < 4.78 is 4.18. The molecule has 0 spiro atoms. The van der Waals surface area contributed by atoms with Crippen molar-refractivity contribution in [2.75, 3.05) is 6.61 Å². The predicted molar refractivity (Wildman–Crippen MR) is 109 cm³/mol. The number of benzene rings is 5. The Hall–Kier alpha value is -3.33. The van der Waals surface area contributed by atoms with Crippen molar-refractivity contribution in [1.82, 2.24) is 0 Å². The maximum Gasteiger partial charge on any atom is 0.404 e. The van der Waals surface area contributed by atoms with E-state index in [1.165, 1.54) is 43.1 Å². The van der Waals surface area contributed by atoms with E-state index in [0.717, 1.165) is 0 Å². The molecule has 5 rings (SSSR count). The highest BCUT2D eigenvalue weighted by molar-refractivity contribution is 6.32. The molecule has 0 radical (unpaired) electrons.